The summed E-state index contributed by atoms with van der Waals surface area (Å²) in [6, 6.07) is 26.0. The number of benzene rings is 4. The largest absolute Gasteiger partial charge is 0.493 e. The van der Waals surface area contributed by atoms with E-state index in [-0.39, 0.29) is 0 Å². The molecule has 0 unspecified atom stereocenters. The molecular weight excluding hydrogens is 511 g/mol. The predicted molar refractivity (Wildman–Crippen MR) is 151 cm³/mol. The first-order valence-electron chi connectivity index (χ1n) is 11.4. The van der Waals surface area contributed by atoms with E-state index in [0.717, 1.165) is 32.9 Å². The summed E-state index contributed by atoms with van der Waals surface area (Å²) >= 11 is 14.0. The zero-order valence-electron chi connectivity index (χ0n) is 19.8. The summed E-state index contributed by atoms with van der Waals surface area (Å²) in [6.45, 7) is 3.08. The number of aryl methyl sites for hydroxylation is 1. The lowest BCUT2D eigenvalue weighted by Crippen LogP contribution is -2.02. The Hall–Kier alpha value is -3.25. The molecule has 7 heteroatoms. The number of rotatable bonds is 8. The SMILES string of the molecule is COc1cc(CNc2ccc(-c3nc4ccc(C)cc4s3)cc2)ccc1OCc1ccc(Cl)cc1Cl. The highest BCUT2D eigenvalue weighted by Gasteiger charge is 2.10. The number of aromatic nitrogens is 1. The van der Waals surface area contributed by atoms with Crippen molar-refractivity contribution in [1.82, 2.24) is 4.98 Å². The average molecular weight is 535 g/mol. The molecule has 0 aliphatic carbocycles. The molecule has 1 N–H and O–H groups in total. The maximum Gasteiger partial charge on any atom is 0.161 e. The number of nitrogens with one attached hydrogen (secondary N) is 1. The molecule has 5 rings (SSSR count). The summed E-state index contributed by atoms with van der Waals surface area (Å²) in [5.41, 5.74) is 6.38. The van der Waals surface area contributed by atoms with E-state index >= 15 is 0 Å². The third kappa shape index (κ3) is 5.59. The number of anilines is 1. The number of ether oxygens (including phenoxy) is 2. The van der Waals surface area contributed by atoms with E-state index in [4.69, 9.17) is 37.7 Å². The monoisotopic (exact) mass is 534 g/mol. The molecule has 0 saturated heterocycles. The molecule has 182 valence electrons. The Morgan fingerprint density at radius 2 is 1.72 bits per heavy atom. The van der Waals surface area contributed by atoms with Gasteiger partial charge in [0, 0.05) is 33.4 Å². The number of nitrogens with zero attached hydrogens (tertiary/aromatic N) is 1. The third-order valence-corrected chi connectivity index (χ3v) is 7.45. The summed E-state index contributed by atoms with van der Waals surface area (Å²) in [7, 11) is 1.64. The Balaban J connectivity index is 1.22. The number of thiazole rings is 1. The van der Waals surface area contributed by atoms with Crippen LogP contribution in [0.3, 0.4) is 0 Å². The minimum atomic E-state index is 0.324. The summed E-state index contributed by atoms with van der Waals surface area (Å²) < 4.78 is 12.7. The molecule has 0 fully saturated rings. The summed E-state index contributed by atoms with van der Waals surface area (Å²) in [6.07, 6.45) is 0. The van der Waals surface area contributed by atoms with Gasteiger partial charge in [-0.1, -0.05) is 41.4 Å². The molecular formula is C29H24Cl2N2O2S. The van der Waals surface area contributed by atoms with Gasteiger partial charge >= 0.3 is 0 Å². The highest BCUT2D eigenvalue weighted by atomic mass is 35.5. The van der Waals surface area contributed by atoms with Crippen LogP contribution in [0.2, 0.25) is 10.0 Å². The minimum absolute atomic E-state index is 0.324. The summed E-state index contributed by atoms with van der Waals surface area (Å²) in [5.74, 6) is 1.32. The second-order valence-electron chi connectivity index (χ2n) is 8.43. The van der Waals surface area contributed by atoms with Crippen LogP contribution in [0.25, 0.3) is 20.8 Å². The Morgan fingerprint density at radius 1 is 0.889 bits per heavy atom. The molecule has 4 nitrogen and oxygen atoms in total. The zero-order valence-corrected chi connectivity index (χ0v) is 22.2. The molecule has 0 bridgehead atoms. The van der Waals surface area contributed by atoms with Crippen LogP contribution in [0.5, 0.6) is 11.5 Å². The van der Waals surface area contributed by atoms with Crippen molar-refractivity contribution in [3.8, 4) is 22.1 Å². The first-order valence-corrected chi connectivity index (χ1v) is 13.0. The molecule has 36 heavy (non-hydrogen) atoms. The van der Waals surface area contributed by atoms with E-state index in [0.29, 0.717) is 34.7 Å². The van der Waals surface area contributed by atoms with E-state index in [1.807, 2.05) is 24.3 Å². The fourth-order valence-corrected chi connectivity index (χ4v) is 5.36. The number of halogens is 2. The van der Waals surface area contributed by atoms with Crippen molar-refractivity contribution in [2.75, 3.05) is 12.4 Å². The highest BCUT2D eigenvalue weighted by molar-refractivity contribution is 7.21. The number of methoxy groups -OCH3 is 1. The van der Waals surface area contributed by atoms with Gasteiger partial charge in [0.25, 0.3) is 0 Å². The molecule has 0 radical (unpaired) electrons. The van der Waals surface area contributed by atoms with Crippen LogP contribution in [0, 0.1) is 6.92 Å². The highest BCUT2D eigenvalue weighted by Crippen LogP contribution is 2.32. The van der Waals surface area contributed by atoms with Crippen molar-refractivity contribution in [2.45, 2.75) is 20.1 Å². The molecule has 4 aromatic carbocycles. The average Bonchev–Trinajstić information content (AvgIpc) is 3.31. The lowest BCUT2D eigenvalue weighted by atomic mass is 10.1. The summed E-state index contributed by atoms with van der Waals surface area (Å²) in [5, 5.41) is 5.67. The van der Waals surface area contributed by atoms with Gasteiger partial charge < -0.3 is 14.8 Å². The first kappa shape index (κ1) is 24.4. The smallest absolute Gasteiger partial charge is 0.161 e. The van der Waals surface area contributed by atoms with Crippen LogP contribution in [-0.2, 0) is 13.2 Å². The second kappa shape index (κ2) is 10.8. The fraction of sp³-hybridized carbons (Fsp3) is 0.138. The molecule has 5 aromatic rings. The van der Waals surface area contributed by atoms with Crippen LogP contribution in [0.15, 0.2) is 78.9 Å². The van der Waals surface area contributed by atoms with Crippen LogP contribution in [0.1, 0.15) is 16.7 Å². The Morgan fingerprint density at radius 3 is 2.50 bits per heavy atom. The number of fused-ring (bicyclic) bond motifs is 1. The van der Waals surface area contributed by atoms with Gasteiger partial charge in [-0.3, -0.25) is 0 Å². The summed E-state index contributed by atoms with van der Waals surface area (Å²) in [4.78, 5) is 4.78. The first-order chi connectivity index (χ1) is 17.5. The van der Waals surface area contributed by atoms with Gasteiger partial charge in [0.2, 0.25) is 0 Å². The quantitative estimate of drug-likeness (QED) is 0.216. The van der Waals surface area contributed by atoms with Crippen LogP contribution in [-0.4, -0.2) is 12.1 Å². The predicted octanol–water partition coefficient (Wildman–Crippen LogP) is 8.78. The molecule has 0 atom stereocenters. The Labute approximate surface area is 224 Å². The minimum Gasteiger partial charge on any atom is -0.493 e. The normalized spacial score (nSPS) is 11.0. The number of hydrogen-bond acceptors (Lipinski definition) is 5. The number of hydrogen-bond donors (Lipinski definition) is 1. The standard InChI is InChI=1S/C29H24Cl2N2O2S/c1-18-3-11-25-28(13-18)36-29(33-25)20-6-9-23(10-7-20)32-16-19-4-12-26(27(14-19)34-2)35-17-21-5-8-22(30)15-24(21)31/h3-15,32H,16-17H2,1-2H3. The van der Waals surface area contributed by atoms with Gasteiger partial charge in [-0.05, 0) is 78.7 Å². The van der Waals surface area contributed by atoms with Crippen LogP contribution < -0.4 is 14.8 Å². The Bertz CT molecular complexity index is 1520. The van der Waals surface area contributed by atoms with Gasteiger partial charge in [-0.25, -0.2) is 4.98 Å². The fourth-order valence-electron chi connectivity index (χ4n) is 3.83. The third-order valence-electron chi connectivity index (χ3n) is 5.80. The van der Waals surface area contributed by atoms with E-state index in [1.165, 1.54) is 10.3 Å². The molecule has 0 aliphatic heterocycles. The van der Waals surface area contributed by atoms with Crippen molar-refractivity contribution in [3.05, 3.63) is 106 Å². The topological polar surface area (TPSA) is 43.4 Å². The van der Waals surface area contributed by atoms with Gasteiger partial charge in [0.1, 0.15) is 11.6 Å². The van der Waals surface area contributed by atoms with Gasteiger partial charge in [0.15, 0.2) is 11.5 Å². The van der Waals surface area contributed by atoms with Gasteiger partial charge in [-0.15, -0.1) is 11.3 Å². The van der Waals surface area contributed by atoms with E-state index in [2.05, 4.69) is 54.7 Å². The second-order valence-corrected chi connectivity index (χ2v) is 10.3. The molecule has 0 amide bonds. The van der Waals surface area contributed by atoms with Crippen LogP contribution in [0.4, 0.5) is 5.69 Å². The molecule has 0 saturated carbocycles. The van der Waals surface area contributed by atoms with Crippen molar-refractivity contribution in [1.29, 1.82) is 0 Å². The van der Waals surface area contributed by atoms with Crippen molar-refractivity contribution in [2.24, 2.45) is 0 Å². The molecule has 0 spiro atoms. The van der Waals surface area contributed by atoms with Crippen molar-refractivity contribution in [3.63, 3.8) is 0 Å². The van der Waals surface area contributed by atoms with Crippen molar-refractivity contribution >= 4 is 50.4 Å². The van der Waals surface area contributed by atoms with Crippen molar-refractivity contribution < 1.29 is 9.47 Å². The molecule has 1 heterocycles. The maximum atomic E-state index is 6.26. The lowest BCUT2D eigenvalue weighted by Gasteiger charge is -2.14. The molecule has 0 aliphatic rings. The van der Waals surface area contributed by atoms with E-state index < -0.39 is 0 Å². The zero-order chi connectivity index (χ0) is 25.1. The van der Waals surface area contributed by atoms with Crippen LogP contribution >= 0.6 is 34.5 Å². The van der Waals surface area contributed by atoms with E-state index in [1.54, 1.807) is 30.6 Å². The van der Waals surface area contributed by atoms with Gasteiger partial charge in [0.05, 0.1) is 17.3 Å². The maximum absolute atomic E-state index is 6.26. The van der Waals surface area contributed by atoms with E-state index in [9.17, 15) is 0 Å². The Kier molecular flexibility index (Phi) is 7.33. The van der Waals surface area contributed by atoms with Gasteiger partial charge in [-0.2, -0.15) is 0 Å². The molecule has 1 aromatic heterocycles. The lowest BCUT2D eigenvalue weighted by molar-refractivity contribution is 0.284.